The number of primary amides is 4. The standard InChI is InChI=1S/C23H19N3O2.C21H18F6N2O2.C20H18F6N2O2.C20H18F6N2O.C17H17N3O2/c24-22(27)19-10-11-21-18(14-19)12-13-26(21)15-16-6-8-17(9-7-16)23(28)25-20-4-2-1-3-5-20;1-28(2)18(30)15-5-8-17-14(11-15)9-10-29(17)12-13-3-6-16(7-4-13)19(31,20(22,23)24)21(25,26)27;1-27-17(29)14-4-7-16-13(10-14)8-9-28(16)11-12-2-5-15(6-3-12)18(30,19(21,22)23)20(24,25)26;1-18(19(21,22)23,20(24,25)26)15-5-2-12(3-6-15)11-28-9-8-13-10-14(17(27)29)4-7-16(13)28;18-16(21)12-3-1-11(2-4-12)10-20-8-7-13-9-14(17(19)22)5-6-15(13)20/h1-14H,15H2,(H2,24,27)(H,25,28);3-11,31H,12H2,1-2H3;2-7,10,30H,8-9,11H2,1H3,(H,27,29);2-7,10H,8-9,11H2,1H3,(H2,27,29);1-6,9H,7-8,10H2,(H2,18,21)(H2,19,22). The van der Waals surface area contributed by atoms with Crippen LogP contribution in [-0.2, 0) is 68.6 Å². The van der Waals surface area contributed by atoms with E-state index in [-0.39, 0.29) is 37.7 Å². The molecule has 0 aliphatic carbocycles. The molecular weight excluding hydrogens is 1870 g/mol. The first-order valence-corrected chi connectivity index (χ1v) is 42.7. The Labute approximate surface area is 788 Å². The molecule has 21 nitrogen and oxygen atoms in total. The highest BCUT2D eigenvalue weighted by atomic mass is 19.4. The maximum atomic E-state index is 13.2. The summed E-state index contributed by atoms with van der Waals surface area (Å²) in [6.07, 6.45) is -28.7. The third-order valence-corrected chi connectivity index (χ3v) is 24.1. The summed E-state index contributed by atoms with van der Waals surface area (Å²) in [6.45, 7) is 4.40. The topological polar surface area (TPSA) is 311 Å². The number of nitrogens with two attached hydrogens (primary N) is 4. The lowest BCUT2D eigenvalue weighted by atomic mass is 9.80. The second-order valence-electron chi connectivity index (χ2n) is 33.6. The molecule has 2 aromatic heterocycles. The Bertz CT molecular complexity index is 6660. The lowest BCUT2D eigenvalue weighted by molar-refractivity contribution is -0.376. The van der Waals surface area contributed by atoms with Crippen LogP contribution in [0.1, 0.15) is 141 Å². The Morgan fingerprint density at radius 3 is 0.979 bits per heavy atom. The molecule has 0 atom stereocenters. The number of nitrogens with zero attached hydrogens (tertiary/aromatic N) is 6. The van der Waals surface area contributed by atoms with Gasteiger partial charge in [-0.15, -0.1) is 0 Å². The number of aromatic nitrogens is 2. The van der Waals surface area contributed by atoms with Gasteiger partial charge in [0.2, 0.25) is 23.6 Å². The molecule has 140 heavy (non-hydrogen) atoms. The van der Waals surface area contributed by atoms with Crippen molar-refractivity contribution < 1.29 is 123 Å². The monoisotopic (exact) mass is 1960 g/mol. The molecule has 0 saturated heterocycles. The summed E-state index contributed by atoms with van der Waals surface area (Å²) in [6, 6.07) is 65.5. The van der Waals surface area contributed by atoms with Crippen molar-refractivity contribution in [3.05, 3.63) is 367 Å². The first-order chi connectivity index (χ1) is 65.6. The lowest BCUT2D eigenvalue weighted by Gasteiger charge is -2.34. The van der Waals surface area contributed by atoms with Crippen LogP contribution in [0.2, 0.25) is 0 Å². The highest BCUT2D eigenvalue weighted by Crippen LogP contribution is 2.54. The van der Waals surface area contributed by atoms with Gasteiger partial charge in [-0.05, 0) is 216 Å². The number of benzene rings is 11. The second-order valence-corrected chi connectivity index (χ2v) is 33.6. The number of hydrogen-bond donors (Lipinski definition) is 8. The number of anilines is 4. The Morgan fingerprint density at radius 2 is 0.636 bits per heavy atom. The fraction of sp³-hybridized carbons (Fsp3) is 0.238. The minimum absolute atomic E-state index is 0.136. The number of fused-ring (bicyclic) bond motifs is 5. The van der Waals surface area contributed by atoms with Crippen LogP contribution in [0.3, 0.4) is 0 Å². The van der Waals surface area contributed by atoms with Gasteiger partial charge in [-0.25, -0.2) is 0 Å². The van der Waals surface area contributed by atoms with Crippen LogP contribution in [0.4, 0.5) is 102 Å². The van der Waals surface area contributed by atoms with Crippen molar-refractivity contribution in [2.45, 2.75) is 113 Å². The van der Waals surface area contributed by atoms with Gasteiger partial charge in [-0.2, -0.15) is 79.0 Å². The van der Waals surface area contributed by atoms with Gasteiger partial charge < -0.3 is 72.5 Å². The van der Waals surface area contributed by atoms with Gasteiger partial charge in [-0.3, -0.25) is 33.6 Å². The Balaban J connectivity index is 0.000000157. The highest BCUT2D eigenvalue weighted by molar-refractivity contribution is 6.04. The minimum atomic E-state index is -5.93. The normalized spacial score (nSPS) is 13.2. The van der Waals surface area contributed by atoms with E-state index in [4.69, 9.17) is 22.9 Å². The molecule has 0 spiro atoms. The smallest absolute Gasteiger partial charge is 0.369 e. The quantitative estimate of drug-likeness (QED) is 0.0311. The van der Waals surface area contributed by atoms with Gasteiger partial charge >= 0.3 is 37.1 Å². The zero-order chi connectivity index (χ0) is 102. The molecule has 0 bridgehead atoms. The average molecular weight is 1960 g/mol. The van der Waals surface area contributed by atoms with E-state index in [0.29, 0.717) is 119 Å². The predicted molar refractivity (Wildman–Crippen MR) is 489 cm³/mol. The van der Waals surface area contributed by atoms with E-state index >= 15 is 0 Å². The van der Waals surface area contributed by atoms with E-state index in [1.165, 1.54) is 24.1 Å². The zero-order valence-corrected chi connectivity index (χ0v) is 74.7. The Kier molecular flexibility index (Phi) is 30.6. The van der Waals surface area contributed by atoms with Crippen molar-refractivity contribution in [3.63, 3.8) is 0 Å². The molecule has 3 aliphatic heterocycles. The molecule has 13 aromatic rings. The van der Waals surface area contributed by atoms with E-state index in [0.717, 1.165) is 128 Å². The summed E-state index contributed by atoms with van der Waals surface area (Å²) in [4.78, 5) is 88.6. The molecule has 0 fully saturated rings. The fourth-order valence-corrected chi connectivity index (χ4v) is 16.1. The second kappa shape index (κ2) is 41.3. The van der Waals surface area contributed by atoms with E-state index in [9.17, 15) is 123 Å². The summed E-state index contributed by atoms with van der Waals surface area (Å²) in [5.74, 6) is -2.33. The molecule has 12 N–H and O–H groups in total. The number of alkyl halides is 18. The minimum Gasteiger partial charge on any atom is -0.369 e. The van der Waals surface area contributed by atoms with E-state index in [2.05, 4.69) is 20.1 Å². The molecule has 0 unspecified atom stereocenters. The molecule has 7 amide bonds. The number of hydrogen-bond acceptors (Lipinski definition) is 12. The molecule has 734 valence electrons. The van der Waals surface area contributed by atoms with Crippen molar-refractivity contribution in [1.82, 2.24) is 19.4 Å². The number of para-hydroxylation sites is 1. The first kappa shape index (κ1) is 104. The average Bonchev–Trinajstić information content (AvgIpc) is 1.63. The Morgan fingerprint density at radius 1 is 0.336 bits per heavy atom. The lowest BCUT2D eigenvalue weighted by Crippen LogP contribution is -2.53. The van der Waals surface area contributed by atoms with Crippen LogP contribution >= 0.6 is 0 Å². The van der Waals surface area contributed by atoms with Gasteiger partial charge in [0.25, 0.3) is 28.9 Å². The number of aliphatic hydroxyl groups is 2. The van der Waals surface area contributed by atoms with Gasteiger partial charge in [-0.1, -0.05) is 115 Å². The predicted octanol–water partition coefficient (Wildman–Crippen LogP) is 18.8. The van der Waals surface area contributed by atoms with Crippen LogP contribution < -0.4 is 48.3 Å². The van der Waals surface area contributed by atoms with E-state index in [1.807, 2.05) is 107 Å². The zero-order valence-electron chi connectivity index (χ0n) is 74.7. The summed E-state index contributed by atoms with van der Waals surface area (Å²) in [5.41, 5.74) is 19.4. The number of carbonyl (C=O) groups excluding carboxylic acids is 7. The summed E-state index contributed by atoms with van der Waals surface area (Å²) >= 11 is 0. The van der Waals surface area contributed by atoms with Crippen LogP contribution in [0, 0.1) is 0 Å². The number of nitrogens with one attached hydrogen (secondary N) is 2. The van der Waals surface area contributed by atoms with E-state index in [1.54, 1.807) is 116 Å². The van der Waals surface area contributed by atoms with Crippen molar-refractivity contribution in [3.8, 4) is 0 Å². The van der Waals surface area contributed by atoms with Crippen LogP contribution in [-0.4, -0.2) is 143 Å². The van der Waals surface area contributed by atoms with Crippen LogP contribution in [0.15, 0.2) is 267 Å². The molecule has 5 heterocycles. The van der Waals surface area contributed by atoms with Crippen LogP contribution in [0.25, 0.3) is 21.8 Å². The third-order valence-electron chi connectivity index (χ3n) is 24.1. The maximum Gasteiger partial charge on any atom is 0.430 e. The van der Waals surface area contributed by atoms with Crippen molar-refractivity contribution in [2.75, 3.05) is 60.8 Å². The van der Waals surface area contributed by atoms with Gasteiger partial charge in [0.15, 0.2) is 5.41 Å². The first-order valence-electron chi connectivity index (χ1n) is 42.7. The number of amides is 7. The SMILES string of the molecule is CC(c1ccc(CN2CCc3cc(C(N)=O)ccc32)cc1)(C(F)(F)F)C(F)(F)F.CN(C)C(=O)c1ccc2c(ccn2Cc2ccc(C(O)(C(F)(F)F)C(F)(F)F)cc2)c1.CNC(=O)c1ccc2c(c1)CCN2Cc1ccc(C(O)(C(F)(F)F)C(F)(F)F)cc1.NC(=O)c1ccc(CN2CCc3cc(C(N)=O)ccc32)cc1.NC(=O)c1ccc2c(ccn2Cc2ccc(C(=O)Nc3ccccc3)cc2)c1. The molecule has 39 heteroatoms. The molecule has 3 aliphatic rings. The number of halogens is 18. The molecule has 0 radical (unpaired) electrons. The highest BCUT2D eigenvalue weighted by Gasteiger charge is 2.73. The van der Waals surface area contributed by atoms with Crippen molar-refractivity contribution in [2.24, 2.45) is 22.9 Å². The molecule has 11 aromatic carbocycles. The van der Waals surface area contributed by atoms with Crippen molar-refractivity contribution in [1.29, 1.82) is 0 Å². The summed E-state index contributed by atoms with van der Waals surface area (Å²) in [5, 5.41) is 26.1. The molecule has 16 rings (SSSR count). The van der Waals surface area contributed by atoms with Gasteiger partial charge in [0, 0.05) is 181 Å². The molecular formula is C101H90F18N12O9. The maximum absolute atomic E-state index is 13.2. The van der Waals surface area contributed by atoms with Gasteiger partial charge in [0.1, 0.15) is 0 Å². The van der Waals surface area contributed by atoms with Gasteiger partial charge in [0.05, 0.1) is 0 Å². The largest absolute Gasteiger partial charge is 0.430 e. The van der Waals surface area contributed by atoms with E-state index < -0.39 is 94.0 Å². The summed E-state index contributed by atoms with van der Waals surface area (Å²) < 4.78 is 239. The molecule has 0 saturated carbocycles. The number of rotatable bonds is 21. The summed E-state index contributed by atoms with van der Waals surface area (Å²) in [7, 11) is 4.77. The Hall–Kier alpha value is -15.2. The van der Waals surface area contributed by atoms with Crippen molar-refractivity contribution >= 4 is 85.9 Å². The fourth-order valence-electron chi connectivity index (χ4n) is 16.1. The number of carbonyl (C=O) groups is 7. The van der Waals surface area contributed by atoms with Crippen LogP contribution in [0.5, 0.6) is 0 Å². The third kappa shape index (κ3) is 22.8.